The zero-order valence-electron chi connectivity index (χ0n) is 11.4. The van der Waals surface area contributed by atoms with Crippen LogP contribution >= 0.6 is 0 Å². The van der Waals surface area contributed by atoms with Crippen LogP contribution in [0.2, 0.25) is 0 Å². The number of anilines is 1. The Balaban J connectivity index is 1.92. The van der Waals surface area contributed by atoms with Gasteiger partial charge in [-0.15, -0.1) is 0 Å². The zero-order chi connectivity index (χ0) is 14.7. The van der Waals surface area contributed by atoms with Gasteiger partial charge in [0.15, 0.2) is 0 Å². The number of halogens is 2. The normalized spacial score (nSPS) is 23.0. The monoisotopic (exact) mass is 283 g/mol. The van der Waals surface area contributed by atoms with Crippen LogP contribution in [0, 0.1) is 17.6 Å². The molecule has 1 heterocycles. The van der Waals surface area contributed by atoms with E-state index in [2.05, 4.69) is 5.32 Å². The Hall–Kier alpha value is -1.53. The Bertz CT molecular complexity index is 475. The standard InChI is InChI=1S/C14H19F2N3O/c1-9-2-10(6-17)7-19(9)8-14(20)18-13-4-11(15)3-12(16)5-13/h3-5,9-10H,2,6-8,17H2,1H3,(H,18,20). The first-order chi connectivity index (χ1) is 9.47. The van der Waals surface area contributed by atoms with Crippen LogP contribution in [-0.2, 0) is 4.79 Å². The second-order valence-corrected chi connectivity index (χ2v) is 5.32. The van der Waals surface area contributed by atoms with Gasteiger partial charge in [0.05, 0.1) is 6.54 Å². The lowest BCUT2D eigenvalue weighted by Gasteiger charge is -2.20. The van der Waals surface area contributed by atoms with Gasteiger partial charge in [0.25, 0.3) is 0 Å². The molecular weight excluding hydrogens is 264 g/mol. The van der Waals surface area contributed by atoms with Crippen molar-refractivity contribution in [2.45, 2.75) is 19.4 Å². The minimum absolute atomic E-state index is 0.134. The van der Waals surface area contributed by atoms with Gasteiger partial charge in [-0.25, -0.2) is 8.78 Å². The van der Waals surface area contributed by atoms with Crippen molar-refractivity contribution in [2.24, 2.45) is 11.7 Å². The number of nitrogens with zero attached hydrogens (tertiary/aromatic N) is 1. The molecule has 0 spiro atoms. The lowest BCUT2D eigenvalue weighted by Crippen LogP contribution is -2.36. The molecule has 0 bridgehead atoms. The van der Waals surface area contributed by atoms with E-state index in [-0.39, 0.29) is 18.1 Å². The molecule has 1 aliphatic rings. The third kappa shape index (κ3) is 3.74. The summed E-state index contributed by atoms with van der Waals surface area (Å²) in [5, 5.41) is 2.51. The molecule has 2 atom stereocenters. The highest BCUT2D eigenvalue weighted by molar-refractivity contribution is 5.92. The van der Waals surface area contributed by atoms with E-state index in [0.29, 0.717) is 18.5 Å². The summed E-state index contributed by atoms with van der Waals surface area (Å²) in [6.07, 6.45) is 0.971. The van der Waals surface area contributed by atoms with Crippen molar-refractivity contribution in [2.75, 3.05) is 25.0 Å². The smallest absolute Gasteiger partial charge is 0.238 e. The number of nitrogens with two attached hydrogens (primary N) is 1. The van der Waals surface area contributed by atoms with E-state index in [9.17, 15) is 13.6 Å². The summed E-state index contributed by atoms with van der Waals surface area (Å²) >= 11 is 0. The van der Waals surface area contributed by atoms with Gasteiger partial charge in [0.1, 0.15) is 11.6 Å². The summed E-state index contributed by atoms with van der Waals surface area (Å²) in [6.45, 7) is 3.64. The Kier molecular flexibility index (Phi) is 4.67. The number of benzene rings is 1. The van der Waals surface area contributed by atoms with Crippen molar-refractivity contribution in [1.29, 1.82) is 0 Å². The van der Waals surface area contributed by atoms with E-state index in [1.54, 1.807) is 0 Å². The lowest BCUT2D eigenvalue weighted by molar-refractivity contribution is -0.117. The Morgan fingerprint density at radius 2 is 2.05 bits per heavy atom. The topological polar surface area (TPSA) is 58.4 Å². The maximum atomic E-state index is 13.0. The first-order valence-electron chi connectivity index (χ1n) is 6.68. The van der Waals surface area contributed by atoms with Crippen molar-refractivity contribution in [3.63, 3.8) is 0 Å². The molecule has 6 heteroatoms. The predicted molar refractivity (Wildman–Crippen MR) is 73.2 cm³/mol. The number of hydrogen-bond donors (Lipinski definition) is 2. The molecule has 2 unspecified atom stereocenters. The molecular formula is C14H19F2N3O. The predicted octanol–water partition coefficient (Wildman–Crippen LogP) is 1.57. The number of amides is 1. The van der Waals surface area contributed by atoms with Crippen LogP contribution in [-0.4, -0.2) is 36.5 Å². The molecule has 4 nitrogen and oxygen atoms in total. The van der Waals surface area contributed by atoms with E-state index in [1.165, 1.54) is 0 Å². The van der Waals surface area contributed by atoms with Gasteiger partial charge in [-0.05, 0) is 37.9 Å². The molecule has 0 aliphatic carbocycles. The fraction of sp³-hybridized carbons (Fsp3) is 0.500. The summed E-state index contributed by atoms with van der Waals surface area (Å²) in [5.74, 6) is -1.29. The van der Waals surface area contributed by atoms with Gasteiger partial charge < -0.3 is 11.1 Å². The molecule has 110 valence electrons. The average Bonchev–Trinajstić information content (AvgIpc) is 2.68. The van der Waals surface area contributed by atoms with Gasteiger partial charge >= 0.3 is 0 Å². The van der Waals surface area contributed by atoms with Crippen LogP contribution in [0.4, 0.5) is 14.5 Å². The van der Waals surface area contributed by atoms with Crippen LogP contribution in [0.15, 0.2) is 18.2 Å². The van der Waals surface area contributed by atoms with Crippen molar-refractivity contribution in [3.05, 3.63) is 29.8 Å². The quantitative estimate of drug-likeness (QED) is 0.882. The van der Waals surface area contributed by atoms with Crippen LogP contribution in [0.5, 0.6) is 0 Å². The molecule has 1 amide bonds. The third-order valence-corrected chi connectivity index (χ3v) is 3.62. The molecule has 0 aromatic heterocycles. The van der Waals surface area contributed by atoms with Crippen molar-refractivity contribution < 1.29 is 13.6 Å². The summed E-state index contributed by atoms with van der Waals surface area (Å²) in [7, 11) is 0. The molecule has 1 fully saturated rings. The summed E-state index contributed by atoms with van der Waals surface area (Å²) in [5.41, 5.74) is 5.77. The number of rotatable bonds is 4. The molecule has 0 radical (unpaired) electrons. The van der Waals surface area contributed by atoms with E-state index >= 15 is 0 Å². The van der Waals surface area contributed by atoms with E-state index in [4.69, 9.17) is 5.73 Å². The highest BCUT2D eigenvalue weighted by Gasteiger charge is 2.29. The molecule has 1 saturated heterocycles. The molecule has 1 aliphatic heterocycles. The Morgan fingerprint density at radius 1 is 1.40 bits per heavy atom. The molecule has 0 saturated carbocycles. The largest absolute Gasteiger partial charge is 0.330 e. The number of carbonyl (C=O) groups excluding carboxylic acids is 1. The van der Waals surface area contributed by atoms with Crippen molar-refractivity contribution in [1.82, 2.24) is 4.90 Å². The molecule has 1 aromatic rings. The molecule has 20 heavy (non-hydrogen) atoms. The highest BCUT2D eigenvalue weighted by Crippen LogP contribution is 2.21. The van der Waals surface area contributed by atoms with Crippen molar-refractivity contribution >= 4 is 11.6 Å². The number of carbonyl (C=O) groups is 1. The molecule has 1 aromatic carbocycles. The van der Waals surface area contributed by atoms with E-state index in [1.807, 2.05) is 11.8 Å². The summed E-state index contributed by atoms with van der Waals surface area (Å²) < 4.78 is 26.1. The summed E-state index contributed by atoms with van der Waals surface area (Å²) in [4.78, 5) is 13.9. The Labute approximate surface area is 116 Å². The van der Waals surface area contributed by atoms with Gasteiger partial charge in [-0.1, -0.05) is 0 Å². The maximum absolute atomic E-state index is 13.0. The van der Waals surface area contributed by atoms with Gasteiger partial charge in [-0.3, -0.25) is 9.69 Å². The van der Waals surface area contributed by atoms with Gasteiger partial charge in [0.2, 0.25) is 5.91 Å². The van der Waals surface area contributed by atoms with E-state index in [0.717, 1.165) is 31.2 Å². The van der Waals surface area contributed by atoms with Gasteiger partial charge in [0, 0.05) is 24.3 Å². The van der Waals surface area contributed by atoms with Crippen LogP contribution in [0.25, 0.3) is 0 Å². The van der Waals surface area contributed by atoms with Gasteiger partial charge in [-0.2, -0.15) is 0 Å². The van der Waals surface area contributed by atoms with Crippen LogP contribution in [0.3, 0.4) is 0 Å². The second kappa shape index (κ2) is 6.28. The fourth-order valence-corrected chi connectivity index (χ4v) is 2.62. The number of hydrogen-bond acceptors (Lipinski definition) is 3. The fourth-order valence-electron chi connectivity index (χ4n) is 2.62. The first kappa shape index (κ1) is 14.9. The molecule has 3 N–H and O–H groups in total. The number of likely N-dealkylation sites (tertiary alicyclic amines) is 1. The third-order valence-electron chi connectivity index (χ3n) is 3.62. The van der Waals surface area contributed by atoms with Crippen LogP contribution in [0.1, 0.15) is 13.3 Å². The van der Waals surface area contributed by atoms with E-state index < -0.39 is 11.6 Å². The first-order valence-corrected chi connectivity index (χ1v) is 6.68. The number of nitrogens with one attached hydrogen (secondary N) is 1. The Morgan fingerprint density at radius 3 is 2.60 bits per heavy atom. The molecule has 2 rings (SSSR count). The minimum atomic E-state index is -0.710. The maximum Gasteiger partial charge on any atom is 0.238 e. The summed E-state index contributed by atoms with van der Waals surface area (Å²) in [6, 6.07) is 3.25. The zero-order valence-corrected chi connectivity index (χ0v) is 11.4. The second-order valence-electron chi connectivity index (χ2n) is 5.32. The lowest BCUT2D eigenvalue weighted by atomic mass is 10.1. The highest BCUT2D eigenvalue weighted by atomic mass is 19.1. The minimum Gasteiger partial charge on any atom is -0.330 e. The van der Waals surface area contributed by atoms with Crippen molar-refractivity contribution in [3.8, 4) is 0 Å². The average molecular weight is 283 g/mol. The van der Waals surface area contributed by atoms with Crippen LogP contribution < -0.4 is 11.1 Å². The SMILES string of the molecule is CC1CC(CN)CN1CC(=O)Nc1cc(F)cc(F)c1.